The van der Waals surface area contributed by atoms with Gasteiger partial charge < -0.3 is 14.2 Å². The van der Waals surface area contributed by atoms with E-state index in [1.807, 2.05) is 20.8 Å². The number of ether oxygens (including phenoxy) is 3. The van der Waals surface area contributed by atoms with Crippen LogP contribution in [-0.4, -0.2) is 39.9 Å². The number of carbonyl (C=O) groups excluding carboxylic acids is 2. The number of methoxy groups -OCH3 is 2. The molecule has 0 aromatic rings. The van der Waals surface area contributed by atoms with E-state index in [1.165, 1.54) is 26.4 Å². The van der Waals surface area contributed by atoms with Gasteiger partial charge in [-0.1, -0.05) is 6.92 Å². The van der Waals surface area contributed by atoms with Crippen molar-refractivity contribution >= 4 is 11.9 Å². The fourth-order valence-corrected chi connectivity index (χ4v) is 3.71. The molecule has 1 heterocycles. The number of carbonyl (C=O) groups is 2. The highest BCUT2D eigenvalue weighted by Crippen LogP contribution is 2.54. The number of hydrogen-bond acceptors (Lipinski definition) is 5. The number of esters is 2. The van der Waals surface area contributed by atoms with Crippen LogP contribution in [0.15, 0.2) is 0 Å². The molecule has 3 aliphatic rings. The van der Waals surface area contributed by atoms with Crippen LogP contribution in [0.25, 0.3) is 0 Å². The summed E-state index contributed by atoms with van der Waals surface area (Å²) in [5, 5.41) is 0. The molecule has 0 radical (unpaired) electrons. The van der Waals surface area contributed by atoms with Crippen molar-refractivity contribution in [3.05, 3.63) is 0 Å². The van der Waals surface area contributed by atoms with Crippen molar-refractivity contribution in [2.75, 3.05) is 27.9 Å². The smallest absolute Gasteiger partial charge is 0.311 e. The summed E-state index contributed by atoms with van der Waals surface area (Å²) in [6.45, 7) is 6.44. The first kappa shape index (κ1) is 19.9. The van der Waals surface area contributed by atoms with Crippen LogP contribution in [-0.2, 0) is 23.8 Å². The summed E-state index contributed by atoms with van der Waals surface area (Å²) in [5.74, 6) is 2.42. The lowest BCUT2D eigenvalue weighted by Crippen LogP contribution is -2.24. The van der Waals surface area contributed by atoms with Crippen LogP contribution in [0.5, 0.6) is 0 Å². The monoisotopic (exact) mass is 328 g/mol. The average Bonchev–Trinajstić information content (AvgIpc) is 3.22. The zero-order chi connectivity index (χ0) is 17.6. The molecule has 1 saturated heterocycles. The summed E-state index contributed by atoms with van der Waals surface area (Å²) < 4.78 is 13.9. The molecule has 4 unspecified atom stereocenters. The van der Waals surface area contributed by atoms with Crippen LogP contribution in [0.4, 0.5) is 0 Å². The summed E-state index contributed by atoms with van der Waals surface area (Å²) >= 11 is 0. The van der Waals surface area contributed by atoms with Gasteiger partial charge in [0.1, 0.15) is 0 Å². The molecule has 4 atom stereocenters. The third-order valence-electron chi connectivity index (χ3n) is 5.40. The molecule has 0 N–H and O–H groups in total. The van der Waals surface area contributed by atoms with Crippen LogP contribution >= 0.6 is 0 Å². The average molecular weight is 328 g/mol. The Bertz CT molecular complexity index is 404. The predicted octanol–water partition coefficient (Wildman–Crippen LogP) is 3.06. The second-order valence-corrected chi connectivity index (χ2v) is 7.29. The van der Waals surface area contributed by atoms with Gasteiger partial charge in [-0.25, -0.2) is 0 Å². The third-order valence-corrected chi connectivity index (χ3v) is 5.40. The minimum atomic E-state index is -0.311. The number of rotatable bonds is 2. The highest BCUT2D eigenvalue weighted by atomic mass is 16.5. The van der Waals surface area contributed by atoms with Gasteiger partial charge in [0, 0.05) is 20.1 Å². The maximum atomic E-state index is 11.2. The molecule has 2 aliphatic carbocycles. The zero-order valence-electron chi connectivity index (χ0n) is 15.4. The zero-order valence-corrected chi connectivity index (χ0v) is 15.4. The van der Waals surface area contributed by atoms with Gasteiger partial charge in [0.15, 0.2) is 0 Å². The van der Waals surface area contributed by atoms with E-state index >= 15 is 0 Å². The topological polar surface area (TPSA) is 61.8 Å². The molecule has 2 saturated carbocycles. The Labute approximate surface area is 140 Å². The first-order chi connectivity index (χ1) is 10.8. The van der Waals surface area contributed by atoms with E-state index in [-0.39, 0.29) is 17.4 Å². The first-order valence-corrected chi connectivity index (χ1v) is 8.47. The van der Waals surface area contributed by atoms with E-state index in [0.717, 1.165) is 18.9 Å². The Morgan fingerprint density at radius 2 is 1.78 bits per heavy atom. The van der Waals surface area contributed by atoms with Gasteiger partial charge >= 0.3 is 11.9 Å². The molecule has 134 valence electrons. The van der Waals surface area contributed by atoms with Gasteiger partial charge in [-0.3, -0.25) is 9.59 Å². The molecule has 0 aromatic carbocycles. The lowest BCUT2D eigenvalue weighted by Gasteiger charge is -2.19. The molecule has 23 heavy (non-hydrogen) atoms. The fraction of sp³-hybridized carbons (Fsp3) is 0.889. The Balaban J connectivity index is 0.000000202. The van der Waals surface area contributed by atoms with E-state index in [0.29, 0.717) is 17.8 Å². The third kappa shape index (κ3) is 4.69. The van der Waals surface area contributed by atoms with Crippen LogP contribution in [0.2, 0.25) is 0 Å². The fourth-order valence-electron chi connectivity index (χ4n) is 3.71. The largest absolute Gasteiger partial charge is 0.469 e. The second-order valence-electron chi connectivity index (χ2n) is 7.29. The highest BCUT2D eigenvalue weighted by Gasteiger charge is 2.54. The molecule has 3 rings (SSSR count). The normalized spacial score (nSPS) is 30.4. The lowest BCUT2D eigenvalue weighted by molar-refractivity contribution is -0.150. The van der Waals surface area contributed by atoms with E-state index in [4.69, 9.17) is 4.74 Å². The maximum Gasteiger partial charge on any atom is 0.311 e. The summed E-state index contributed by atoms with van der Waals surface area (Å²) in [6.07, 6.45) is 4.76. The van der Waals surface area contributed by atoms with E-state index in [2.05, 4.69) is 9.47 Å². The van der Waals surface area contributed by atoms with Gasteiger partial charge in [-0.2, -0.15) is 0 Å². The molecule has 0 amide bonds. The summed E-state index contributed by atoms with van der Waals surface area (Å²) in [7, 11) is 4.67. The maximum absolute atomic E-state index is 11.2. The van der Waals surface area contributed by atoms with Gasteiger partial charge in [-0.05, 0) is 51.4 Å². The molecule has 3 fully saturated rings. The van der Waals surface area contributed by atoms with Crippen LogP contribution in [0, 0.1) is 29.1 Å². The highest BCUT2D eigenvalue weighted by molar-refractivity contribution is 5.76. The number of cyclic esters (lactones) is 1. The Hall–Kier alpha value is -1.10. The van der Waals surface area contributed by atoms with Gasteiger partial charge in [0.25, 0.3) is 0 Å². The van der Waals surface area contributed by atoms with Crippen LogP contribution < -0.4 is 0 Å². The summed E-state index contributed by atoms with van der Waals surface area (Å²) in [4.78, 5) is 22.1. The summed E-state index contributed by atoms with van der Waals surface area (Å²) in [6, 6.07) is 0. The minimum absolute atomic E-state index is 0.0993. The Morgan fingerprint density at radius 1 is 1.22 bits per heavy atom. The minimum Gasteiger partial charge on any atom is -0.469 e. The van der Waals surface area contributed by atoms with Crippen molar-refractivity contribution in [2.45, 2.75) is 46.5 Å². The molecule has 0 spiro atoms. The van der Waals surface area contributed by atoms with Gasteiger partial charge in [0.05, 0.1) is 25.0 Å². The van der Waals surface area contributed by atoms with Crippen molar-refractivity contribution in [1.29, 1.82) is 0 Å². The molecular formula is C18H32O5. The van der Waals surface area contributed by atoms with Gasteiger partial charge in [0.2, 0.25) is 0 Å². The van der Waals surface area contributed by atoms with Crippen molar-refractivity contribution in [3.8, 4) is 0 Å². The molecular weight excluding hydrogens is 296 g/mol. The van der Waals surface area contributed by atoms with E-state index in [9.17, 15) is 9.59 Å². The molecule has 2 bridgehead atoms. The second kappa shape index (κ2) is 8.67. The van der Waals surface area contributed by atoms with Gasteiger partial charge in [-0.15, -0.1) is 0 Å². The van der Waals surface area contributed by atoms with Crippen molar-refractivity contribution in [2.24, 2.45) is 29.1 Å². The number of hydrogen-bond donors (Lipinski definition) is 0. The van der Waals surface area contributed by atoms with Crippen molar-refractivity contribution in [3.63, 3.8) is 0 Å². The van der Waals surface area contributed by atoms with E-state index in [1.54, 1.807) is 14.2 Å². The van der Waals surface area contributed by atoms with Crippen LogP contribution in [0.3, 0.4) is 0 Å². The lowest BCUT2D eigenvalue weighted by atomic mass is 9.81. The molecule has 5 heteroatoms. The molecule has 5 nitrogen and oxygen atoms in total. The molecule has 0 aromatic heterocycles. The SMILES string of the molecule is CCC(C)(C)C(=O)OC.COC.O=C1OCC2C3CCC(C3)C12. The summed E-state index contributed by atoms with van der Waals surface area (Å²) in [5.41, 5.74) is -0.311. The molecule has 1 aliphatic heterocycles. The Kier molecular flexibility index (Phi) is 7.52. The first-order valence-electron chi connectivity index (χ1n) is 8.47. The predicted molar refractivity (Wildman–Crippen MR) is 87.8 cm³/mol. The Morgan fingerprint density at radius 3 is 2.22 bits per heavy atom. The standard InChI is InChI=1S/C9H12O2.C7H14O2.C2H6O/c10-9-8-6-2-1-5(3-6)7(8)4-11-9;1-5-7(2,3)6(8)9-4;1-3-2/h5-8H,1-4H2;5H2,1-4H3;1-2H3. The number of fused-ring (bicyclic) bond motifs is 5. The quantitative estimate of drug-likeness (QED) is 0.729. The van der Waals surface area contributed by atoms with Crippen molar-refractivity contribution < 1.29 is 23.8 Å². The van der Waals surface area contributed by atoms with Crippen LogP contribution in [0.1, 0.15) is 46.5 Å². The van der Waals surface area contributed by atoms with Crippen molar-refractivity contribution in [1.82, 2.24) is 0 Å². The van der Waals surface area contributed by atoms with E-state index < -0.39 is 0 Å².